The molecule has 2 N–H and O–H groups in total. The van der Waals surface area contributed by atoms with Crippen molar-refractivity contribution in [3.63, 3.8) is 0 Å². The van der Waals surface area contributed by atoms with E-state index in [9.17, 15) is 4.79 Å². The first-order chi connectivity index (χ1) is 8.76. The average molecular weight is 242 g/mol. The van der Waals surface area contributed by atoms with E-state index in [-0.39, 0.29) is 5.97 Å². The van der Waals surface area contributed by atoms with Crippen LogP contribution in [0.4, 0.5) is 0 Å². The minimum atomic E-state index is -0.350. The molecule has 1 aromatic carbocycles. The molecule has 2 aromatic rings. The van der Waals surface area contributed by atoms with Crippen LogP contribution in [0, 0.1) is 11.8 Å². The maximum absolute atomic E-state index is 11.7. The standard InChI is InChI=1S/C14H14N2O2/c1-15-6-3-4-10-8-12(14(17)18-2)11-5-7-16-13(11)9-10/h5,7-9,15-16H,6H2,1-2H3. The molecule has 0 aliphatic heterocycles. The van der Waals surface area contributed by atoms with Crippen molar-refractivity contribution < 1.29 is 9.53 Å². The molecule has 0 saturated carbocycles. The Morgan fingerprint density at radius 3 is 3.06 bits per heavy atom. The molecule has 1 aromatic heterocycles. The number of ether oxygens (including phenoxy) is 1. The lowest BCUT2D eigenvalue weighted by Crippen LogP contribution is -2.04. The molecule has 0 amide bonds. The fourth-order valence-electron chi connectivity index (χ4n) is 1.75. The van der Waals surface area contributed by atoms with Crippen LogP contribution in [-0.2, 0) is 4.74 Å². The van der Waals surface area contributed by atoms with Crippen molar-refractivity contribution in [3.8, 4) is 11.8 Å². The topological polar surface area (TPSA) is 54.1 Å². The fourth-order valence-corrected chi connectivity index (χ4v) is 1.75. The van der Waals surface area contributed by atoms with Gasteiger partial charge >= 0.3 is 5.97 Å². The summed E-state index contributed by atoms with van der Waals surface area (Å²) in [6.45, 7) is 0.607. The van der Waals surface area contributed by atoms with Gasteiger partial charge in [0.1, 0.15) is 0 Å². The molecule has 0 atom stereocenters. The van der Waals surface area contributed by atoms with Gasteiger partial charge in [0, 0.05) is 22.7 Å². The SMILES string of the molecule is CNCC#Cc1cc(C(=O)OC)c2cc[nH]c2c1. The predicted octanol–water partition coefficient (Wildman–Crippen LogP) is 1.53. The highest BCUT2D eigenvalue weighted by molar-refractivity contribution is 6.04. The number of fused-ring (bicyclic) bond motifs is 1. The van der Waals surface area contributed by atoms with Gasteiger partial charge in [-0.15, -0.1) is 0 Å². The number of hydrogen-bond donors (Lipinski definition) is 2. The molecule has 0 saturated heterocycles. The number of methoxy groups -OCH3 is 1. The molecule has 0 aliphatic carbocycles. The first-order valence-electron chi connectivity index (χ1n) is 5.59. The van der Waals surface area contributed by atoms with Gasteiger partial charge in [-0.05, 0) is 25.2 Å². The van der Waals surface area contributed by atoms with Crippen molar-refractivity contribution >= 4 is 16.9 Å². The van der Waals surface area contributed by atoms with Gasteiger partial charge in [-0.25, -0.2) is 4.79 Å². The Bertz CT molecular complexity index is 632. The second kappa shape index (κ2) is 5.39. The van der Waals surface area contributed by atoms with E-state index in [1.807, 2.05) is 19.2 Å². The van der Waals surface area contributed by atoms with E-state index in [0.717, 1.165) is 16.5 Å². The van der Waals surface area contributed by atoms with Crippen LogP contribution in [-0.4, -0.2) is 31.7 Å². The Kier molecular flexibility index (Phi) is 3.66. The Balaban J connectivity index is 2.51. The first kappa shape index (κ1) is 12.2. The van der Waals surface area contributed by atoms with E-state index >= 15 is 0 Å². The van der Waals surface area contributed by atoms with Gasteiger partial charge in [0.05, 0.1) is 19.2 Å². The van der Waals surface area contributed by atoms with E-state index in [2.05, 4.69) is 22.1 Å². The molecule has 0 bridgehead atoms. The van der Waals surface area contributed by atoms with Gasteiger partial charge in [-0.1, -0.05) is 11.8 Å². The van der Waals surface area contributed by atoms with Crippen LogP contribution < -0.4 is 5.32 Å². The predicted molar refractivity (Wildman–Crippen MR) is 70.4 cm³/mol. The maximum Gasteiger partial charge on any atom is 0.338 e. The summed E-state index contributed by atoms with van der Waals surface area (Å²) >= 11 is 0. The largest absolute Gasteiger partial charge is 0.465 e. The average Bonchev–Trinajstić information content (AvgIpc) is 2.85. The highest BCUT2D eigenvalue weighted by Gasteiger charge is 2.12. The first-order valence-corrected chi connectivity index (χ1v) is 5.59. The number of carbonyl (C=O) groups is 1. The summed E-state index contributed by atoms with van der Waals surface area (Å²) in [7, 11) is 3.21. The summed E-state index contributed by atoms with van der Waals surface area (Å²) in [5.41, 5.74) is 2.21. The summed E-state index contributed by atoms with van der Waals surface area (Å²) < 4.78 is 4.78. The normalized spacial score (nSPS) is 9.89. The van der Waals surface area contributed by atoms with E-state index in [4.69, 9.17) is 4.74 Å². The molecule has 4 heteroatoms. The van der Waals surface area contributed by atoms with Crippen LogP contribution in [0.2, 0.25) is 0 Å². The molecule has 2 rings (SSSR count). The van der Waals surface area contributed by atoms with Gasteiger partial charge in [0.15, 0.2) is 0 Å². The van der Waals surface area contributed by atoms with Crippen molar-refractivity contribution in [2.75, 3.05) is 20.7 Å². The summed E-state index contributed by atoms with van der Waals surface area (Å²) in [6, 6.07) is 5.53. The third-order valence-corrected chi connectivity index (χ3v) is 2.57. The number of aromatic nitrogens is 1. The zero-order valence-corrected chi connectivity index (χ0v) is 10.3. The van der Waals surface area contributed by atoms with Gasteiger partial charge in [-0.2, -0.15) is 0 Å². The van der Waals surface area contributed by atoms with E-state index in [0.29, 0.717) is 12.1 Å². The molecule has 92 valence electrons. The van der Waals surface area contributed by atoms with Crippen molar-refractivity contribution in [2.45, 2.75) is 0 Å². The molecular weight excluding hydrogens is 228 g/mol. The van der Waals surface area contributed by atoms with Gasteiger partial charge in [-0.3, -0.25) is 0 Å². The number of hydrogen-bond acceptors (Lipinski definition) is 3. The van der Waals surface area contributed by atoms with Crippen LogP contribution in [0.15, 0.2) is 24.4 Å². The molecule has 4 nitrogen and oxygen atoms in total. The number of H-pyrrole nitrogens is 1. The lowest BCUT2D eigenvalue weighted by molar-refractivity contribution is 0.0603. The Morgan fingerprint density at radius 2 is 2.33 bits per heavy atom. The molecule has 1 heterocycles. The Morgan fingerprint density at radius 1 is 1.50 bits per heavy atom. The van der Waals surface area contributed by atoms with Crippen LogP contribution in [0.5, 0.6) is 0 Å². The zero-order chi connectivity index (χ0) is 13.0. The highest BCUT2D eigenvalue weighted by Crippen LogP contribution is 2.20. The van der Waals surface area contributed by atoms with Crippen LogP contribution in [0.1, 0.15) is 15.9 Å². The smallest absolute Gasteiger partial charge is 0.338 e. The molecule has 0 spiro atoms. The summed E-state index contributed by atoms with van der Waals surface area (Å²) in [5.74, 6) is 5.62. The van der Waals surface area contributed by atoms with E-state index < -0.39 is 0 Å². The van der Waals surface area contributed by atoms with E-state index in [1.54, 1.807) is 12.3 Å². The zero-order valence-electron chi connectivity index (χ0n) is 10.3. The molecule has 0 radical (unpaired) electrons. The fraction of sp³-hybridized carbons (Fsp3) is 0.214. The van der Waals surface area contributed by atoms with Gasteiger partial charge in [0.2, 0.25) is 0 Å². The number of rotatable bonds is 2. The summed E-state index contributed by atoms with van der Waals surface area (Å²) in [4.78, 5) is 14.8. The third-order valence-electron chi connectivity index (χ3n) is 2.57. The maximum atomic E-state index is 11.7. The van der Waals surface area contributed by atoms with Gasteiger partial charge < -0.3 is 15.0 Å². The molecule has 0 unspecified atom stereocenters. The second-order valence-corrected chi connectivity index (χ2v) is 3.79. The molecule has 0 fully saturated rings. The van der Waals surface area contributed by atoms with Crippen molar-refractivity contribution in [1.82, 2.24) is 10.3 Å². The van der Waals surface area contributed by atoms with Crippen LogP contribution >= 0.6 is 0 Å². The number of esters is 1. The lowest BCUT2D eigenvalue weighted by Gasteiger charge is -2.02. The minimum Gasteiger partial charge on any atom is -0.465 e. The Labute approximate surface area is 105 Å². The van der Waals surface area contributed by atoms with Gasteiger partial charge in [0.25, 0.3) is 0 Å². The molecule has 18 heavy (non-hydrogen) atoms. The van der Waals surface area contributed by atoms with E-state index in [1.165, 1.54) is 7.11 Å². The molecular formula is C14H14N2O2. The molecule has 0 aliphatic rings. The number of nitrogens with one attached hydrogen (secondary N) is 2. The quantitative estimate of drug-likeness (QED) is 0.620. The minimum absolute atomic E-state index is 0.350. The van der Waals surface area contributed by atoms with Crippen LogP contribution in [0.25, 0.3) is 10.9 Å². The van der Waals surface area contributed by atoms with Crippen LogP contribution in [0.3, 0.4) is 0 Å². The van der Waals surface area contributed by atoms with Crippen molar-refractivity contribution in [1.29, 1.82) is 0 Å². The third kappa shape index (κ3) is 2.36. The Hall–Kier alpha value is -2.25. The monoisotopic (exact) mass is 242 g/mol. The summed E-state index contributed by atoms with van der Waals surface area (Å²) in [6.07, 6.45) is 1.79. The number of carbonyl (C=O) groups excluding carboxylic acids is 1. The number of aromatic amines is 1. The summed E-state index contributed by atoms with van der Waals surface area (Å²) in [5, 5.41) is 3.79. The highest BCUT2D eigenvalue weighted by atomic mass is 16.5. The lowest BCUT2D eigenvalue weighted by atomic mass is 10.1. The van der Waals surface area contributed by atoms with Crippen molar-refractivity contribution in [2.24, 2.45) is 0 Å². The second-order valence-electron chi connectivity index (χ2n) is 3.79. The number of benzene rings is 1. The van der Waals surface area contributed by atoms with Crippen molar-refractivity contribution in [3.05, 3.63) is 35.5 Å².